The molecule has 0 spiro atoms. The summed E-state index contributed by atoms with van der Waals surface area (Å²) in [5.41, 5.74) is 0. The zero-order valence-electron chi connectivity index (χ0n) is 23.2. The second kappa shape index (κ2) is 76.6. The molecule has 0 aromatic carbocycles. The minimum Gasteiger partial charge on any atom is -0.854 e. The molecule has 0 bridgehead atoms. The number of ether oxygens (including phenoxy) is 2. The van der Waals surface area contributed by atoms with Crippen LogP contribution >= 0.6 is 0 Å². The Morgan fingerprint density at radius 1 is 0.559 bits per heavy atom. The summed E-state index contributed by atoms with van der Waals surface area (Å²) in [5, 5.41) is 38.1. The number of carbonyl (C=O) groups is 2. The molecule has 34 heavy (non-hydrogen) atoms. The molecule has 0 aliphatic carbocycles. The van der Waals surface area contributed by atoms with Gasteiger partial charge in [0.2, 0.25) is 0 Å². The van der Waals surface area contributed by atoms with E-state index in [0.717, 1.165) is 51.4 Å². The second-order valence-corrected chi connectivity index (χ2v) is 5.85. The summed E-state index contributed by atoms with van der Waals surface area (Å²) in [6.07, 6.45) is 7.46. The summed E-state index contributed by atoms with van der Waals surface area (Å²) in [4.78, 5) is 19.4. The van der Waals surface area contributed by atoms with Gasteiger partial charge in [-0.2, -0.15) is 0 Å². The molecule has 0 aliphatic heterocycles. The van der Waals surface area contributed by atoms with E-state index in [0.29, 0.717) is 6.61 Å². The normalized spacial score (nSPS) is 7.29. The van der Waals surface area contributed by atoms with Crippen LogP contribution in [0.2, 0.25) is 0 Å². The van der Waals surface area contributed by atoms with E-state index in [1.54, 1.807) is 6.92 Å². The van der Waals surface area contributed by atoms with Gasteiger partial charge in [-0.05, 0) is 6.92 Å². The third-order valence-corrected chi connectivity index (χ3v) is 2.63. The molecule has 0 N–H and O–H groups in total. The number of esters is 2. The summed E-state index contributed by atoms with van der Waals surface area (Å²) in [5.74, 6) is -0.456. The zero-order valence-corrected chi connectivity index (χ0v) is 26.7. The average Bonchev–Trinajstić information content (AvgIpc) is 2.72. The van der Waals surface area contributed by atoms with Crippen molar-refractivity contribution < 1.29 is 39.5 Å². The van der Waals surface area contributed by atoms with Crippen LogP contribution in [0.1, 0.15) is 99.8 Å². The number of methoxy groups -OCH3 is 1. The Hall–Kier alpha value is 0.377. The Labute approximate surface area is 242 Å². The molecule has 194 valence electrons. The van der Waals surface area contributed by atoms with Gasteiger partial charge in [-0.25, -0.2) is 0 Å². The van der Waals surface area contributed by atoms with Crippen LogP contribution in [0.3, 0.4) is 0 Å². The van der Waals surface area contributed by atoms with E-state index in [1.807, 2.05) is 27.7 Å². The van der Waals surface area contributed by atoms with E-state index in [1.165, 1.54) is 21.0 Å². The van der Waals surface area contributed by atoms with Crippen LogP contribution in [0, 0.1) is 0 Å². The van der Waals surface area contributed by atoms with Gasteiger partial charge in [-0.1, -0.05) is 79.1 Å². The van der Waals surface area contributed by atoms with Gasteiger partial charge in [0.1, 0.15) is 0 Å². The third-order valence-electron chi connectivity index (χ3n) is 2.63. The molecule has 0 saturated heterocycles. The van der Waals surface area contributed by atoms with Crippen LogP contribution in [0.15, 0.2) is 0 Å². The summed E-state index contributed by atoms with van der Waals surface area (Å²) in [6, 6.07) is 0. The quantitative estimate of drug-likeness (QED) is 0.301. The molecule has 0 atom stereocenters. The molecule has 0 unspecified atom stereocenters. The van der Waals surface area contributed by atoms with Crippen LogP contribution in [0.25, 0.3) is 0 Å². The predicted molar refractivity (Wildman–Crippen MR) is 136 cm³/mol. The predicted octanol–water partition coefficient (Wildman–Crippen LogP) is 0.194. The molecule has 8 nitrogen and oxygen atoms in total. The van der Waals surface area contributed by atoms with Gasteiger partial charge in [-0.15, -0.1) is 26.4 Å². The number of rotatable bonds is 9. The zero-order chi connectivity index (χ0) is 25.8. The van der Waals surface area contributed by atoms with Crippen molar-refractivity contribution in [3.05, 3.63) is 0 Å². The van der Waals surface area contributed by atoms with Crippen LogP contribution in [0.4, 0.5) is 0 Å². The Balaban J connectivity index is -0.0000000310. The molecule has 0 amide bonds. The number of unbranched alkanes of at least 4 members (excludes halogenated alkanes) is 4. The molecule has 0 aliphatic rings. The molecule has 0 rings (SSSR count). The molecule has 0 aromatic rings. The first-order valence-electron chi connectivity index (χ1n) is 11.2. The number of carbonyl (C=O) groups excluding carboxylic acids is 2. The molecular formula is C23H50Al3O8+5. The van der Waals surface area contributed by atoms with Gasteiger partial charge in [-0.3, -0.25) is 9.59 Å². The van der Waals surface area contributed by atoms with Crippen molar-refractivity contribution >= 4 is 64.0 Å². The second-order valence-electron chi connectivity index (χ2n) is 5.85. The van der Waals surface area contributed by atoms with Crippen LogP contribution in [-0.4, -0.2) is 104 Å². The fourth-order valence-electron chi connectivity index (χ4n) is 0.781. The standard InChI is InChI=1S/C4H8O2.4C4H9O.C3H6O2.3Al/c1-3-6-4(2)5;4*1-2-3-4-5;1-3(4)5-2;;;/h3H2,1-2H3;4*2-4H2,1H3;1-2H3;;;/q;4*-1;;3*+3. The topological polar surface area (TPSA) is 145 Å². The van der Waals surface area contributed by atoms with E-state index in [9.17, 15) is 30.0 Å². The van der Waals surface area contributed by atoms with E-state index >= 15 is 0 Å². The van der Waals surface area contributed by atoms with Crippen molar-refractivity contribution in [2.45, 2.75) is 99.8 Å². The summed E-state index contributed by atoms with van der Waals surface area (Å²) >= 11 is 0. The Kier molecular flexibility index (Phi) is 134. The van der Waals surface area contributed by atoms with Gasteiger partial charge in [0.15, 0.2) is 0 Å². The van der Waals surface area contributed by atoms with Gasteiger partial charge >= 0.3 is 64.0 Å². The first-order valence-corrected chi connectivity index (χ1v) is 11.2. The summed E-state index contributed by atoms with van der Waals surface area (Å²) < 4.78 is 8.51. The maximum atomic E-state index is 9.82. The number of hydrogen-bond acceptors (Lipinski definition) is 8. The minimum atomic E-state index is -0.245. The van der Waals surface area contributed by atoms with Gasteiger partial charge in [0.25, 0.3) is 0 Å². The first-order chi connectivity index (χ1) is 14.7. The van der Waals surface area contributed by atoms with Crippen molar-refractivity contribution in [2.24, 2.45) is 0 Å². The molecule has 0 aromatic heterocycles. The largest absolute Gasteiger partial charge is 3.00 e. The molecular weight excluding hydrogens is 485 g/mol. The smallest absolute Gasteiger partial charge is 0.854 e. The van der Waals surface area contributed by atoms with Crippen LogP contribution in [0.5, 0.6) is 0 Å². The van der Waals surface area contributed by atoms with Crippen LogP contribution in [-0.2, 0) is 19.1 Å². The fourth-order valence-corrected chi connectivity index (χ4v) is 0.781. The number of hydrogen-bond donors (Lipinski definition) is 0. The Bertz CT molecular complexity index is 257. The molecule has 0 radical (unpaired) electrons. The van der Waals surface area contributed by atoms with Gasteiger partial charge < -0.3 is 29.9 Å². The van der Waals surface area contributed by atoms with Crippen molar-refractivity contribution in [2.75, 3.05) is 40.1 Å². The summed E-state index contributed by atoms with van der Waals surface area (Å²) in [6.45, 7) is 13.4. The van der Waals surface area contributed by atoms with E-state index in [4.69, 9.17) is 0 Å². The average molecular weight is 536 g/mol. The van der Waals surface area contributed by atoms with Crippen LogP contribution < -0.4 is 20.4 Å². The maximum Gasteiger partial charge on any atom is 3.00 e. The van der Waals surface area contributed by atoms with E-state index in [2.05, 4.69) is 9.47 Å². The maximum absolute atomic E-state index is 9.82. The Morgan fingerprint density at radius 2 is 0.765 bits per heavy atom. The molecule has 0 fully saturated rings. The minimum absolute atomic E-state index is 0. The fraction of sp³-hybridized carbons (Fsp3) is 0.913. The third kappa shape index (κ3) is 178. The van der Waals surface area contributed by atoms with E-state index in [-0.39, 0.29) is 90.4 Å². The Morgan fingerprint density at radius 3 is 0.765 bits per heavy atom. The van der Waals surface area contributed by atoms with Gasteiger partial charge in [0.05, 0.1) is 13.7 Å². The van der Waals surface area contributed by atoms with E-state index < -0.39 is 0 Å². The first kappa shape index (κ1) is 59.5. The van der Waals surface area contributed by atoms with Crippen molar-refractivity contribution in [1.29, 1.82) is 0 Å². The van der Waals surface area contributed by atoms with Crippen molar-refractivity contribution in [1.82, 2.24) is 0 Å². The molecule has 0 saturated carbocycles. The monoisotopic (exact) mass is 535 g/mol. The summed E-state index contributed by atoms with van der Waals surface area (Å²) in [7, 11) is 1.35. The van der Waals surface area contributed by atoms with Crippen molar-refractivity contribution in [3.63, 3.8) is 0 Å². The molecule has 0 heterocycles. The van der Waals surface area contributed by atoms with Gasteiger partial charge in [0, 0.05) is 13.8 Å². The SMILES string of the molecule is CCCC[O-].CCCC[O-].CCCC[O-].CCCC[O-].CCOC(C)=O.COC(C)=O.[Al+3].[Al+3].[Al+3]. The molecule has 11 heteroatoms. The van der Waals surface area contributed by atoms with Crippen molar-refractivity contribution in [3.8, 4) is 0 Å².